The molecule has 16 heteroatoms. The van der Waals surface area contributed by atoms with E-state index < -0.39 is 73.6 Å². The molecular formula is C43H57KN5O9S+. The van der Waals surface area contributed by atoms with Crippen molar-refractivity contribution in [1.82, 2.24) is 25.2 Å². The van der Waals surface area contributed by atoms with Crippen LogP contribution in [0.4, 0.5) is 4.79 Å². The first-order chi connectivity index (χ1) is 27.6. The van der Waals surface area contributed by atoms with Crippen LogP contribution in [0.25, 0.3) is 10.9 Å². The monoisotopic (exact) mass is 858 g/mol. The molecule has 6 aliphatic rings. The molecule has 4 fully saturated rings. The van der Waals surface area contributed by atoms with Crippen molar-refractivity contribution in [3.63, 3.8) is 0 Å². The summed E-state index contributed by atoms with van der Waals surface area (Å²) in [5.41, 5.74) is -0.656. The number of alkyl carbamates (subject to hydrolysis) is 1. The number of aryl methyl sites for hydroxylation is 2. The molecule has 3 saturated carbocycles. The number of methoxy groups -OCH3 is 1. The summed E-state index contributed by atoms with van der Waals surface area (Å²) in [7, 11) is -2.28. The molecule has 4 amide bonds. The number of benzene rings is 1. The number of fused-ring (bicyclic) bond motifs is 4. The van der Waals surface area contributed by atoms with Gasteiger partial charge < -0.3 is 29.7 Å². The molecule has 1 aromatic heterocycles. The van der Waals surface area contributed by atoms with Crippen LogP contribution >= 0.6 is 0 Å². The van der Waals surface area contributed by atoms with Crippen LogP contribution in [0.15, 0.2) is 30.9 Å². The third-order valence-corrected chi connectivity index (χ3v) is 15.2. The van der Waals surface area contributed by atoms with Gasteiger partial charge in [-0.1, -0.05) is 39.7 Å². The van der Waals surface area contributed by atoms with Gasteiger partial charge >= 0.3 is 57.5 Å². The molecule has 3 bridgehead atoms. The topological polar surface area (TPSA) is 182 Å². The van der Waals surface area contributed by atoms with Gasteiger partial charge in [-0.25, -0.2) is 18.2 Å². The smallest absolute Gasteiger partial charge is 0.497 e. The molecule has 0 radical (unpaired) electrons. The van der Waals surface area contributed by atoms with Crippen molar-refractivity contribution < 1.29 is 93.2 Å². The van der Waals surface area contributed by atoms with E-state index in [0.29, 0.717) is 43.6 Å². The molecule has 3 N–H and O–H groups in total. The van der Waals surface area contributed by atoms with Gasteiger partial charge in [0.15, 0.2) is 0 Å². The van der Waals surface area contributed by atoms with E-state index >= 15 is 4.79 Å². The fraction of sp³-hybridized carbons (Fsp3) is 0.651. The predicted octanol–water partition coefficient (Wildman–Crippen LogP) is 2.01. The molecule has 8 rings (SSSR count). The van der Waals surface area contributed by atoms with E-state index in [1.807, 2.05) is 39.0 Å². The number of carbonyl (C=O) groups is 4. The second-order valence-corrected chi connectivity index (χ2v) is 20.5. The minimum atomic E-state index is -3.91. The standard InChI is InChI=1S/C43H57N5O9S.K/c1-6-26-22-43(26,39(51)47-58(53,54)28-16-17-28)46-37(49)33-23-42-20-19-29-30-21-27(55-5)15-18-31(30)44-32(35(29)57-42)13-9-7-8-11-25-12-10-14-34(25)56-40(52)45-36(41(2,3)4)38(50)48(33)24-42;/h6,15,18,21,25-26,28,33-34,36H,1,7-14,16-17,19-20,22-24H2,2-5H3,(H,45,52)(H,46,49)(H,47,51);/q;+1/t25-,26-,33+,34-,36-,42-,43-;/m1./s1. The van der Waals surface area contributed by atoms with Crippen LogP contribution in [0.1, 0.15) is 109 Å². The number of hydrogen-bond donors (Lipinski definition) is 3. The molecule has 3 aliphatic heterocycles. The van der Waals surface area contributed by atoms with Gasteiger partial charge in [0.1, 0.15) is 40.8 Å². The zero-order valence-electron chi connectivity index (χ0n) is 35.1. The largest absolute Gasteiger partial charge is 1.00 e. The third kappa shape index (κ3) is 8.82. The average molecular weight is 859 g/mol. The van der Waals surface area contributed by atoms with E-state index in [-0.39, 0.29) is 82.8 Å². The molecule has 14 nitrogen and oxygen atoms in total. The summed E-state index contributed by atoms with van der Waals surface area (Å²) >= 11 is 0. The van der Waals surface area contributed by atoms with Crippen molar-refractivity contribution in [2.45, 2.75) is 145 Å². The van der Waals surface area contributed by atoms with Crippen LogP contribution in [0.3, 0.4) is 0 Å². The molecule has 59 heavy (non-hydrogen) atoms. The molecular weight excluding hydrogens is 802 g/mol. The van der Waals surface area contributed by atoms with Gasteiger partial charge in [0, 0.05) is 23.3 Å². The van der Waals surface area contributed by atoms with Gasteiger partial charge in [0.2, 0.25) is 21.8 Å². The summed E-state index contributed by atoms with van der Waals surface area (Å²) in [5, 5.41) is 6.09. The Morgan fingerprint density at radius 2 is 1.81 bits per heavy atom. The van der Waals surface area contributed by atoms with Gasteiger partial charge in [-0.3, -0.25) is 19.1 Å². The summed E-state index contributed by atoms with van der Waals surface area (Å²) in [6.07, 6.45) is 10.0. The number of hydrogen-bond acceptors (Lipinski definition) is 10. The Bertz CT molecular complexity index is 2140. The molecule has 0 unspecified atom stereocenters. The quantitative estimate of drug-likeness (QED) is 0.275. The molecule has 1 spiro atoms. The summed E-state index contributed by atoms with van der Waals surface area (Å²) < 4.78 is 46.7. The van der Waals surface area contributed by atoms with E-state index in [0.717, 1.165) is 67.1 Å². The van der Waals surface area contributed by atoms with Crippen LogP contribution in [-0.2, 0) is 42.0 Å². The van der Waals surface area contributed by atoms with Crippen molar-refractivity contribution >= 4 is 44.7 Å². The summed E-state index contributed by atoms with van der Waals surface area (Å²) in [6.45, 7) is 9.42. The molecule has 2 aromatic rings. The number of sulfonamides is 1. The number of nitrogens with zero attached hydrogens (tertiary/aromatic N) is 2. The fourth-order valence-electron chi connectivity index (χ4n) is 9.79. The Balaban J connectivity index is 0.00000528. The number of pyridine rings is 1. The molecule has 314 valence electrons. The minimum absolute atomic E-state index is 0. The van der Waals surface area contributed by atoms with Crippen molar-refractivity contribution in [2.24, 2.45) is 17.3 Å². The molecule has 1 saturated heterocycles. The fourth-order valence-corrected chi connectivity index (χ4v) is 11.2. The summed E-state index contributed by atoms with van der Waals surface area (Å²) in [6, 6.07) is 3.65. The van der Waals surface area contributed by atoms with Crippen LogP contribution in [0.5, 0.6) is 11.5 Å². The van der Waals surface area contributed by atoms with Crippen LogP contribution < -0.4 is 76.2 Å². The van der Waals surface area contributed by atoms with Crippen molar-refractivity contribution in [2.75, 3.05) is 13.7 Å². The second kappa shape index (κ2) is 16.8. The Kier molecular flexibility index (Phi) is 12.6. The van der Waals surface area contributed by atoms with Crippen LogP contribution in [0, 0.1) is 17.3 Å². The average Bonchev–Trinajstić information content (AvgIpc) is 4.09. The molecule has 1 aromatic carbocycles. The van der Waals surface area contributed by atoms with Gasteiger partial charge in [0.05, 0.1) is 30.1 Å². The maximum atomic E-state index is 15.0. The Labute approximate surface area is 389 Å². The van der Waals surface area contributed by atoms with E-state index in [4.69, 9.17) is 19.2 Å². The van der Waals surface area contributed by atoms with E-state index in [1.165, 1.54) is 11.0 Å². The predicted molar refractivity (Wildman–Crippen MR) is 216 cm³/mol. The zero-order valence-corrected chi connectivity index (χ0v) is 39.0. The number of carbonyl (C=O) groups excluding carboxylic acids is 4. The normalized spacial score (nSPS) is 30.9. The zero-order chi connectivity index (χ0) is 41.2. The first kappa shape index (κ1) is 44.3. The maximum Gasteiger partial charge on any atom is 1.00 e. The second-order valence-electron chi connectivity index (χ2n) is 18.6. The van der Waals surface area contributed by atoms with E-state index in [1.54, 1.807) is 7.11 Å². The van der Waals surface area contributed by atoms with Gasteiger partial charge in [-0.05, 0) is 100 Å². The number of rotatable bonds is 7. The Morgan fingerprint density at radius 3 is 2.51 bits per heavy atom. The Morgan fingerprint density at radius 1 is 1.05 bits per heavy atom. The summed E-state index contributed by atoms with van der Waals surface area (Å²) in [5.74, 6) is -0.818. The number of aromatic nitrogens is 1. The first-order valence-corrected chi connectivity index (χ1v) is 22.6. The van der Waals surface area contributed by atoms with Gasteiger partial charge in [0.25, 0.3) is 5.91 Å². The van der Waals surface area contributed by atoms with Gasteiger partial charge in [-0.2, -0.15) is 0 Å². The van der Waals surface area contributed by atoms with Crippen molar-refractivity contribution in [3.05, 3.63) is 42.1 Å². The van der Waals surface area contributed by atoms with Crippen molar-refractivity contribution in [1.29, 1.82) is 0 Å². The third-order valence-electron chi connectivity index (χ3n) is 13.4. The number of nitrogens with one attached hydrogen (secondary N) is 3. The number of ether oxygens (including phenoxy) is 3. The van der Waals surface area contributed by atoms with E-state index in [2.05, 4.69) is 21.9 Å². The SMILES string of the molecule is C=C[C@@H]1C[C@]1(NC(=O)[C@@H]1C[C@]23CCc4c(c(nc5ccc(OC)cc45)CCCCC[C@@H]4CCC[C@H]4OC(=O)N[C@@H](C(C)(C)C)C(=O)N1C2)O3)C(=O)NS(=O)(=O)C1CC1.[K+]. The minimum Gasteiger partial charge on any atom is -0.497 e. The van der Waals surface area contributed by atoms with Crippen molar-refractivity contribution in [3.8, 4) is 11.5 Å². The molecule has 3 aliphatic carbocycles. The molecule has 4 heterocycles. The van der Waals surface area contributed by atoms with Gasteiger partial charge in [-0.15, -0.1) is 6.58 Å². The maximum absolute atomic E-state index is 15.0. The van der Waals surface area contributed by atoms with E-state index in [9.17, 15) is 22.8 Å². The van der Waals surface area contributed by atoms with Crippen LogP contribution in [0.2, 0.25) is 0 Å². The summed E-state index contributed by atoms with van der Waals surface area (Å²) in [4.78, 5) is 63.7. The van der Waals surface area contributed by atoms with Crippen LogP contribution in [-0.4, -0.2) is 90.3 Å². The molecule has 7 atom stereocenters. The first-order valence-electron chi connectivity index (χ1n) is 21.0. The Hall–Kier alpha value is -2.76. The number of amides is 4.